The predicted octanol–water partition coefficient (Wildman–Crippen LogP) is -0.769. The van der Waals surface area contributed by atoms with Crippen LogP contribution in [-0.2, 0) is 28.5 Å². The van der Waals surface area contributed by atoms with Gasteiger partial charge in [-0.1, -0.05) is 6.58 Å². The maximum absolute atomic E-state index is 11.6. The highest BCUT2D eigenvalue weighted by atomic mass is 16.7. The van der Waals surface area contributed by atoms with Gasteiger partial charge in [0.2, 0.25) is 0 Å². The highest BCUT2D eigenvalue weighted by Crippen LogP contribution is 2.22. The van der Waals surface area contributed by atoms with Crippen LogP contribution in [0.1, 0.15) is 25.7 Å². The maximum Gasteiger partial charge on any atom is 0.310 e. The molecule has 24 heavy (non-hydrogen) atoms. The third kappa shape index (κ3) is 6.17. The summed E-state index contributed by atoms with van der Waals surface area (Å²) in [7, 11) is 1.28. The fourth-order valence-electron chi connectivity index (χ4n) is 2.19. The molecule has 0 aliphatic carbocycles. The lowest BCUT2D eigenvalue weighted by Gasteiger charge is -2.39. The Balaban J connectivity index is 2.28. The first-order chi connectivity index (χ1) is 11.4. The average Bonchev–Trinajstić information content (AvgIpc) is 2.56. The molecule has 1 aliphatic heterocycles. The molecule has 0 unspecified atom stereocenters. The lowest BCUT2D eigenvalue weighted by atomic mass is 9.99. The van der Waals surface area contributed by atoms with Crippen molar-refractivity contribution < 1.29 is 43.9 Å². The van der Waals surface area contributed by atoms with E-state index < -0.39 is 42.6 Å². The summed E-state index contributed by atoms with van der Waals surface area (Å²) in [6, 6.07) is 0. The molecule has 0 radical (unpaired) electrons. The van der Waals surface area contributed by atoms with Gasteiger partial charge in [-0.15, -0.1) is 0 Å². The minimum atomic E-state index is -1.47. The van der Waals surface area contributed by atoms with Gasteiger partial charge in [-0.25, -0.2) is 0 Å². The summed E-state index contributed by atoms with van der Waals surface area (Å²) < 4.78 is 19.6. The molecule has 0 saturated carbocycles. The standard InChI is InChI=1S/C15H24O9/c1-3-22-10(16)6-4-5-7-11(17)23-8-9-12(18)13(19)14(20)15(21-2)24-9/h3,9,12-15,18-20H,1,4-8H2,2H3/t9-,12-,13+,14-,15+/m1/s1. The topological polar surface area (TPSA) is 132 Å². The Bertz CT molecular complexity index is 423. The number of esters is 2. The number of rotatable bonds is 9. The molecule has 0 aromatic heterocycles. The van der Waals surface area contributed by atoms with Crippen molar-refractivity contribution >= 4 is 11.9 Å². The number of aliphatic hydroxyl groups excluding tert-OH is 3. The fourth-order valence-corrected chi connectivity index (χ4v) is 2.19. The van der Waals surface area contributed by atoms with Crippen molar-refractivity contribution in [2.75, 3.05) is 13.7 Å². The summed E-state index contributed by atoms with van der Waals surface area (Å²) in [5, 5.41) is 29.1. The van der Waals surface area contributed by atoms with Gasteiger partial charge >= 0.3 is 11.9 Å². The van der Waals surface area contributed by atoms with E-state index in [4.69, 9.17) is 14.2 Å². The van der Waals surface area contributed by atoms with Crippen molar-refractivity contribution in [3.63, 3.8) is 0 Å². The van der Waals surface area contributed by atoms with Gasteiger partial charge in [0.25, 0.3) is 0 Å². The number of unbranched alkanes of at least 4 members (excludes halogenated alkanes) is 1. The first-order valence-corrected chi connectivity index (χ1v) is 7.59. The number of hydrogen-bond donors (Lipinski definition) is 3. The van der Waals surface area contributed by atoms with E-state index in [1.165, 1.54) is 7.11 Å². The van der Waals surface area contributed by atoms with Crippen molar-refractivity contribution in [2.45, 2.75) is 56.4 Å². The molecule has 0 amide bonds. The smallest absolute Gasteiger partial charge is 0.310 e. The Morgan fingerprint density at radius 3 is 2.29 bits per heavy atom. The Morgan fingerprint density at radius 1 is 1.08 bits per heavy atom. The second-order valence-electron chi connectivity index (χ2n) is 5.30. The van der Waals surface area contributed by atoms with Gasteiger partial charge in [0.1, 0.15) is 31.0 Å². The Kier molecular flexibility index (Phi) is 8.87. The summed E-state index contributed by atoms with van der Waals surface area (Å²) in [6.07, 6.45) is -4.22. The number of ether oxygens (including phenoxy) is 4. The number of aliphatic hydroxyl groups is 3. The van der Waals surface area contributed by atoms with Crippen molar-refractivity contribution in [1.29, 1.82) is 0 Å². The quantitative estimate of drug-likeness (QED) is 0.279. The van der Waals surface area contributed by atoms with Crippen molar-refractivity contribution in [1.82, 2.24) is 0 Å². The maximum atomic E-state index is 11.6. The molecule has 1 saturated heterocycles. The van der Waals surface area contributed by atoms with Crippen LogP contribution in [-0.4, -0.2) is 71.7 Å². The molecule has 0 aromatic carbocycles. The average molecular weight is 348 g/mol. The normalized spacial score (nSPS) is 29.8. The van der Waals surface area contributed by atoms with Gasteiger partial charge in [-0.05, 0) is 12.8 Å². The van der Waals surface area contributed by atoms with Crippen LogP contribution in [0.2, 0.25) is 0 Å². The van der Waals surface area contributed by atoms with Gasteiger partial charge in [0.15, 0.2) is 6.29 Å². The highest BCUT2D eigenvalue weighted by molar-refractivity contribution is 5.70. The molecule has 3 N–H and O–H groups in total. The predicted molar refractivity (Wildman–Crippen MR) is 79.4 cm³/mol. The largest absolute Gasteiger partial charge is 0.463 e. The summed E-state index contributed by atoms with van der Waals surface area (Å²) >= 11 is 0. The zero-order chi connectivity index (χ0) is 18.1. The zero-order valence-corrected chi connectivity index (χ0v) is 13.5. The minimum Gasteiger partial charge on any atom is -0.463 e. The number of carbonyl (C=O) groups excluding carboxylic acids is 2. The van der Waals surface area contributed by atoms with Crippen molar-refractivity contribution in [2.24, 2.45) is 0 Å². The van der Waals surface area contributed by atoms with E-state index in [0.717, 1.165) is 6.26 Å². The van der Waals surface area contributed by atoms with Gasteiger partial charge in [0, 0.05) is 20.0 Å². The zero-order valence-electron chi connectivity index (χ0n) is 13.5. The van der Waals surface area contributed by atoms with Crippen molar-refractivity contribution in [3.05, 3.63) is 12.8 Å². The second-order valence-corrected chi connectivity index (χ2v) is 5.30. The molecule has 9 nitrogen and oxygen atoms in total. The lowest BCUT2D eigenvalue weighted by Crippen LogP contribution is -2.59. The highest BCUT2D eigenvalue weighted by Gasteiger charge is 2.44. The molecule has 1 aliphatic rings. The first kappa shape index (κ1) is 20.5. The number of hydrogen-bond acceptors (Lipinski definition) is 9. The molecule has 1 rings (SSSR count). The molecule has 5 atom stereocenters. The summed E-state index contributed by atoms with van der Waals surface area (Å²) in [5.41, 5.74) is 0. The molecule has 0 aromatic rings. The molecule has 0 bridgehead atoms. The van der Waals surface area contributed by atoms with E-state index >= 15 is 0 Å². The van der Waals surface area contributed by atoms with Crippen LogP contribution in [0.4, 0.5) is 0 Å². The molecule has 1 fully saturated rings. The van der Waals surface area contributed by atoms with E-state index in [2.05, 4.69) is 11.3 Å². The SMILES string of the molecule is C=COC(=O)CCCCC(=O)OC[C@H]1O[C@H](OC)[C@H](O)[C@@H](O)[C@@H]1O. The van der Waals surface area contributed by atoms with E-state index in [0.29, 0.717) is 12.8 Å². The van der Waals surface area contributed by atoms with Crippen LogP contribution in [0.3, 0.4) is 0 Å². The van der Waals surface area contributed by atoms with E-state index in [1.54, 1.807) is 0 Å². The van der Waals surface area contributed by atoms with Crippen LogP contribution in [0, 0.1) is 0 Å². The van der Waals surface area contributed by atoms with E-state index in [9.17, 15) is 24.9 Å². The number of methoxy groups -OCH3 is 1. The Morgan fingerprint density at radius 2 is 1.71 bits per heavy atom. The summed E-state index contributed by atoms with van der Waals surface area (Å²) in [4.78, 5) is 22.7. The second kappa shape index (κ2) is 10.4. The van der Waals surface area contributed by atoms with Gasteiger partial charge in [-0.3, -0.25) is 9.59 Å². The monoisotopic (exact) mass is 348 g/mol. The first-order valence-electron chi connectivity index (χ1n) is 7.59. The molecular weight excluding hydrogens is 324 g/mol. The lowest BCUT2D eigenvalue weighted by molar-refractivity contribution is -0.295. The molecule has 138 valence electrons. The van der Waals surface area contributed by atoms with E-state index in [-0.39, 0.29) is 19.4 Å². The van der Waals surface area contributed by atoms with Crippen LogP contribution >= 0.6 is 0 Å². The van der Waals surface area contributed by atoms with Gasteiger partial charge < -0.3 is 34.3 Å². The van der Waals surface area contributed by atoms with Crippen LogP contribution in [0.25, 0.3) is 0 Å². The Hall–Kier alpha value is -1.52. The van der Waals surface area contributed by atoms with E-state index in [1.807, 2.05) is 0 Å². The Labute approximate surface area is 139 Å². The number of carbonyl (C=O) groups is 2. The minimum absolute atomic E-state index is 0.0864. The summed E-state index contributed by atoms with van der Waals surface area (Å²) in [5.74, 6) is -0.951. The molecule has 9 heteroatoms. The van der Waals surface area contributed by atoms with Crippen molar-refractivity contribution in [3.8, 4) is 0 Å². The van der Waals surface area contributed by atoms with Gasteiger partial charge in [-0.2, -0.15) is 0 Å². The summed E-state index contributed by atoms with van der Waals surface area (Å²) in [6.45, 7) is 2.97. The van der Waals surface area contributed by atoms with Crippen LogP contribution in [0.5, 0.6) is 0 Å². The third-order valence-corrected chi connectivity index (χ3v) is 3.54. The van der Waals surface area contributed by atoms with Crippen LogP contribution in [0.15, 0.2) is 12.8 Å². The molecule has 0 spiro atoms. The van der Waals surface area contributed by atoms with Crippen LogP contribution < -0.4 is 0 Å². The molecule has 1 heterocycles. The fraction of sp³-hybridized carbons (Fsp3) is 0.733. The third-order valence-electron chi connectivity index (χ3n) is 3.54. The molecular formula is C15H24O9. The van der Waals surface area contributed by atoms with Gasteiger partial charge in [0.05, 0.1) is 6.26 Å².